The molecule has 0 spiro atoms. The van der Waals surface area contributed by atoms with Crippen LogP contribution in [0.1, 0.15) is 41.5 Å². The van der Waals surface area contributed by atoms with E-state index in [1.807, 2.05) is 0 Å². The van der Waals surface area contributed by atoms with Crippen LogP contribution in [0.25, 0.3) is 0 Å². The Balaban J connectivity index is 5.37. The summed E-state index contributed by atoms with van der Waals surface area (Å²) in [6, 6.07) is 0. The first-order chi connectivity index (χ1) is 8.66. The van der Waals surface area contributed by atoms with Crippen LogP contribution in [0.4, 0.5) is 0 Å². The first kappa shape index (κ1) is 20.0. The predicted molar refractivity (Wildman–Crippen MR) is 92.5 cm³/mol. The van der Waals surface area contributed by atoms with Gasteiger partial charge in [-0.3, -0.25) is 0 Å². The molecule has 0 heterocycles. The molecule has 0 aromatic carbocycles. The van der Waals surface area contributed by atoms with Crippen LogP contribution in [0.5, 0.6) is 0 Å². The van der Waals surface area contributed by atoms with Crippen molar-refractivity contribution in [1.29, 1.82) is 0 Å². The molecule has 0 bridgehead atoms. The van der Waals surface area contributed by atoms with E-state index >= 15 is 0 Å². The summed E-state index contributed by atoms with van der Waals surface area (Å²) >= 11 is 0. The molecular formula is C13H33NO2P2Si. The van der Waals surface area contributed by atoms with Gasteiger partial charge in [-0.05, 0) is 33.2 Å². The first-order valence-corrected chi connectivity index (χ1v) is 13.3. The predicted octanol–water partition coefficient (Wildman–Crippen LogP) is 5.64. The molecule has 0 fully saturated rings. The Bertz CT molecular complexity index is 233. The first-order valence-electron chi connectivity index (χ1n) is 7.31. The third-order valence-corrected chi connectivity index (χ3v) is 13.4. The molecule has 0 unspecified atom stereocenters. The molecular weight excluding hydrogens is 292 g/mol. The molecule has 0 saturated carbocycles. The summed E-state index contributed by atoms with van der Waals surface area (Å²) < 4.78 is 14.6. The van der Waals surface area contributed by atoms with E-state index in [4.69, 9.17) is 9.05 Å². The van der Waals surface area contributed by atoms with Gasteiger partial charge in [0.25, 0.3) is 8.53 Å². The maximum atomic E-state index is 5.97. The summed E-state index contributed by atoms with van der Waals surface area (Å²) in [5.74, 6) is 0. The van der Waals surface area contributed by atoms with Crippen LogP contribution in [0.15, 0.2) is 0 Å². The zero-order chi connectivity index (χ0) is 15.2. The lowest BCUT2D eigenvalue weighted by molar-refractivity contribution is 0.255. The monoisotopic (exact) mass is 325 g/mol. The van der Waals surface area contributed by atoms with E-state index in [2.05, 4.69) is 65.3 Å². The van der Waals surface area contributed by atoms with Gasteiger partial charge in [-0.25, -0.2) is 4.11 Å². The average molecular weight is 325 g/mol. The van der Waals surface area contributed by atoms with Crippen LogP contribution >= 0.6 is 16.6 Å². The van der Waals surface area contributed by atoms with Crippen molar-refractivity contribution in [3.05, 3.63) is 0 Å². The highest BCUT2D eigenvalue weighted by molar-refractivity contribution is 7.70. The second kappa shape index (κ2) is 9.07. The van der Waals surface area contributed by atoms with E-state index in [1.165, 1.54) is 0 Å². The Morgan fingerprint density at radius 2 is 1.26 bits per heavy atom. The minimum atomic E-state index is -1.47. The number of nitrogens with zero attached hydrogens (tertiary/aromatic N) is 1. The van der Waals surface area contributed by atoms with Crippen LogP contribution in [0.3, 0.4) is 0 Å². The summed E-state index contributed by atoms with van der Waals surface area (Å²) in [6.45, 7) is 22.1. The van der Waals surface area contributed by atoms with E-state index < -0.39 is 16.8 Å². The van der Waals surface area contributed by atoms with E-state index in [1.54, 1.807) is 0 Å². The second-order valence-corrected chi connectivity index (χ2v) is 16.6. The molecule has 6 heteroatoms. The average Bonchev–Trinajstić information content (AvgIpc) is 2.22. The molecule has 0 aromatic heterocycles. The van der Waals surface area contributed by atoms with Crippen molar-refractivity contribution < 1.29 is 9.05 Å². The van der Waals surface area contributed by atoms with Gasteiger partial charge in [-0.15, -0.1) is 0 Å². The fourth-order valence-corrected chi connectivity index (χ4v) is 13.6. The highest BCUT2D eigenvalue weighted by atomic mass is 31.2. The SMILES string of the molecule is CCOP(OCC)N(P(C(C)C)C(C)C)[Si](C)(C)C. The molecule has 0 aliphatic heterocycles. The smallest absolute Gasteiger partial charge is 0.255 e. The summed E-state index contributed by atoms with van der Waals surface area (Å²) in [5, 5.41) is 0. The minimum absolute atomic E-state index is 0.219. The van der Waals surface area contributed by atoms with E-state index in [9.17, 15) is 0 Å². The van der Waals surface area contributed by atoms with Gasteiger partial charge in [0.15, 0.2) is 0 Å². The third kappa shape index (κ3) is 6.50. The highest BCUT2D eigenvalue weighted by Crippen LogP contribution is 2.64. The molecule has 0 aromatic rings. The molecule has 0 amide bonds. The summed E-state index contributed by atoms with van der Waals surface area (Å²) in [5.41, 5.74) is 1.35. The maximum Gasteiger partial charge on any atom is 0.255 e. The van der Waals surface area contributed by atoms with Gasteiger partial charge in [0, 0.05) is 0 Å². The Hall–Kier alpha value is 0.957. The second-order valence-electron chi connectivity index (χ2n) is 6.10. The van der Waals surface area contributed by atoms with Crippen molar-refractivity contribution in [3.8, 4) is 0 Å². The number of hydrogen-bond donors (Lipinski definition) is 0. The maximum absolute atomic E-state index is 5.97. The fraction of sp³-hybridized carbons (Fsp3) is 1.00. The normalized spacial score (nSPS) is 13.6. The van der Waals surface area contributed by atoms with Crippen molar-refractivity contribution >= 4 is 24.8 Å². The van der Waals surface area contributed by atoms with Crippen molar-refractivity contribution in [2.75, 3.05) is 13.2 Å². The third-order valence-electron chi connectivity index (χ3n) is 2.51. The molecule has 0 radical (unpaired) electrons. The van der Waals surface area contributed by atoms with E-state index in [-0.39, 0.29) is 8.07 Å². The molecule has 3 nitrogen and oxygen atoms in total. The fourth-order valence-electron chi connectivity index (χ4n) is 2.08. The highest BCUT2D eigenvalue weighted by Gasteiger charge is 2.40. The van der Waals surface area contributed by atoms with Crippen LogP contribution < -0.4 is 0 Å². The van der Waals surface area contributed by atoms with Crippen LogP contribution in [0, 0.1) is 0 Å². The zero-order valence-electron chi connectivity index (χ0n) is 14.2. The zero-order valence-corrected chi connectivity index (χ0v) is 17.0. The summed E-state index contributed by atoms with van der Waals surface area (Å²) in [4.78, 5) is 0. The van der Waals surface area contributed by atoms with Crippen LogP contribution in [0.2, 0.25) is 19.6 Å². The van der Waals surface area contributed by atoms with Gasteiger partial charge in [-0.2, -0.15) is 0 Å². The van der Waals surface area contributed by atoms with Crippen molar-refractivity contribution in [2.45, 2.75) is 72.5 Å². The van der Waals surface area contributed by atoms with Crippen LogP contribution in [-0.4, -0.2) is 36.9 Å². The van der Waals surface area contributed by atoms with Crippen molar-refractivity contribution in [2.24, 2.45) is 0 Å². The molecule has 0 aliphatic rings. The molecule has 116 valence electrons. The lowest BCUT2D eigenvalue weighted by atomic mass is 10.5. The minimum Gasteiger partial charge on any atom is -0.322 e. The summed E-state index contributed by atoms with van der Waals surface area (Å²) in [7, 11) is -2.58. The van der Waals surface area contributed by atoms with E-state index in [0.29, 0.717) is 11.3 Å². The largest absolute Gasteiger partial charge is 0.322 e. The molecule has 0 aliphatic carbocycles. The van der Waals surface area contributed by atoms with Gasteiger partial charge in [0.2, 0.25) is 0 Å². The Labute approximate surface area is 124 Å². The molecule has 0 N–H and O–H groups in total. The number of rotatable bonds is 9. The van der Waals surface area contributed by atoms with Gasteiger partial charge < -0.3 is 9.05 Å². The number of hydrogen-bond acceptors (Lipinski definition) is 3. The van der Waals surface area contributed by atoms with Gasteiger partial charge in [-0.1, -0.05) is 47.3 Å². The molecule has 0 saturated heterocycles. The van der Waals surface area contributed by atoms with Crippen LogP contribution in [-0.2, 0) is 9.05 Å². The standard InChI is InChI=1S/C13H33NO2P2Si/c1-10-15-18(16-11-2)14(19(7,8)9)17(12(3)4)13(5)6/h12-13H,10-11H2,1-9H3. The Morgan fingerprint density at radius 3 is 1.47 bits per heavy atom. The molecule has 19 heavy (non-hydrogen) atoms. The quantitative estimate of drug-likeness (QED) is 0.404. The van der Waals surface area contributed by atoms with Gasteiger partial charge in [0.1, 0.15) is 8.24 Å². The Morgan fingerprint density at radius 1 is 0.895 bits per heavy atom. The topological polar surface area (TPSA) is 21.7 Å². The lowest BCUT2D eigenvalue weighted by Crippen LogP contribution is -2.42. The van der Waals surface area contributed by atoms with E-state index in [0.717, 1.165) is 13.2 Å². The van der Waals surface area contributed by atoms with Crippen molar-refractivity contribution in [3.63, 3.8) is 0 Å². The Kier molecular flexibility index (Phi) is 9.53. The van der Waals surface area contributed by atoms with Gasteiger partial charge in [0.05, 0.1) is 13.2 Å². The molecule has 0 rings (SSSR count). The summed E-state index contributed by atoms with van der Waals surface area (Å²) in [6.07, 6.45) is 0. The molecule has 0 atom stereocenters. The van der Waals surface area contributed by atoms with Crippen molar-refractivity contribution in [1.82, 2.24) is 4.11 Å². The lowest BCUT2D eigenvalue weighted by Gasteiger charge is -2.46. The van der Waals surface area contributed by atoms with Gasteiger partial charge >= 0.3 is 0 Å².